The Balaban J connectivity index is 3.51. The van der Waals surface area contributed by atoms with E-state index >= 15 is 0 Å². The van der Waals surface area contributed by atoms with Crippen LogP contribution in [0.1, 0.15) is 27.0 Å². The Kier molecular flexibility index (Phi) is 3.49. The molecule has 1 aromatic carbocycles. The zero-order valence-corrected chi connectivity index (χ0v) is 8.38. The lowest BCUT2D eigenvalue weighted by Crippen LogP contribution is -2.10. The summed E-state index contributed by atoms with van der Waals surface area (Å²) in [6.07, 6.45) is -4.68. The highest BCUT2D eigenvalue weighted by Crippen LogP contribution is 2.33. The molecule has 0 amide bonds. The number of halogens is 3. The molecule has 0 radical (unpaired) electrons. The lowest BCUT2D eigenvalue weighted by Gasteiger charge is -2.11. The minimum Gasteiger partial charge on any atom is -0.298 e. The van der Waals surface area contributed by atoms with Gasteiger partial charge < -0.3 is 0 Å². The van der Waals surface area contributed by atoms with Gasteiger partial charge in [0.05, 0.1) is 29.7 Å². The number of carbonyl (C=O) groups excluding carboxylic acids is 1. The third kappa shape index (κ3) is 2.61. The third-order valence-electron chi connectivity index (χ3n) is 2.10. The molecule has 0 saturated carbocycles. The fourth-order valence-electron chi connectivity index (χ4n) is 1.34. The van der Waals surface area contributed by atoms with E-state index in [0.29, 0.717) is 6.07 Å². The van der Waals surface area contributed by atoms with Crippen molar-refractivity contribution in [2.45, 2.75) is 12.6 Å². The monoisotopic (exact) mass is 238 g/mol. The van der Waals surface area contributed by atoms with Crippen molar-refractivity contribution in [3.63, 3.8) is 0 Å². The summed E-state index contributed by atoms with van der Waals surface area (Å²) in [5.41, 5.74) is -1.86. The lowest BCUT2D eigenvalue weighted by molar-refractivity contribution is -0.137. The standard InChI is InChI=1S/C11H5F3N2O/c12-11(13,14)10-4-9(6-17)7(1-2-15)3-8(10)5-16/h3-4,6H,1H2. The van der Waals surface area contributed by atoms with Crippen molar-refractivity contribution in [2.24, 2.45) is 0 Å². The van der Waals surface area contributed by atoms with Crippen LogP contribution in [0.2, 0.25) is 0 Å². The number of benzene rings is 1. The van der Waals surface area contributed by atoms with Gasteiger partial charge >= 0.3 is 6.18 Å². The number of carbonyl (C=O) groups is 1. The summed E-state index contributed by atoms with van der Waals surface area (Å²) in [6.45, 7) is 0. The molecule has 6 heteroatoms. The average molecular weight is 238 g/mol. The normalized spacial score (nSPS) is 10.4. The van der Waals surface area contributed by atoms with Crippen LogP contribution in [0.4, 0.5) is 13.2 Å². The van der Waals surface area contributed by atoms with Crippen LogP contribution in [0, 0.1) is 22.7 Å². The van der Waals surface area contributed by atoms with E-state index in [1.54, 1.807) is 6.07 Å². The molecule has 86 valence electrons. The van der Waals surface area contributed by atoms with Crippen LogP contribution >= 0.6 is 0 Å². The molecule has 0 bridgehead atoms. The lowest BCUT2D eigenvalue weighted by atomic mass is 9.97. The van der Waals surface area contributed by atoms with Crippen LogP contribution in [0.15, 0.2) is 12.1 Å². The largest absolute Gasteiger partial charge is 0.417 e. The highest BCUT2D eigenvalue weighted by molar-refractivity contribution is 5.78. The fraction of sp³-hybridized carbons (Fsp3) is 0.182. The number of nitrogens with zero attached hydrogens (tertiary/aromatic N) is 2. The molecule has 0 aliphatic carbocycles. The van der Waals surface area contributed by atoms with E-state index in [2.05, 4.69) is 0 Å². The maximum atomic E-state index is 12.5. The summed E-state index contributed by atoms with van der Waals surface area (Å²) < 4.78 is 37.6. The van der Waals surface area contributed by atoms with Gasteiger partial charge in [-0.15, -0.1) is 0 Å². The summed E-state index contributed by atoms with van der Waals surface area (Å²) in [4.78, 5) is 10.6. The first-order chi connectivity index (χ1) is 7.93. The first-order valence-electron chi connectivity index (χ1n) is 4.40. The molecule has 0 aliphatic rings. The van der Waals surface area contributed by atoms with E-state index in [9.17, 15) is 18.0 Å². The van der Waals surface area contributed by atoms with Gasteiger partial charge in [0.1, 0.15) is 6.29 Å². The Morgan fingerprint density at radius 2 is 1.94 bits per heavy atom. The first kappa shape index (κ1) is 12.7. The second-order valence-corrected chi connectivity index (χ2v) is 3.16. The Morgan fingerprint density at radius 3 is 2.35 bits per heavy atom. The molecule has 0 unspecified atom stereocenters. The van der Waals surface area contributed by atoms with E-state index in [0.717, 1.165) is 6.07 Å². The SMILES string of the molecule is N#CCc1cc(C#N)c(C(F)(F)F)cc1C=O. The summed E-state index contributed by atoms with van der Waals surface area (Å²) in [6, 6.07) is 4.65. The number of rotatable bonds is 2. The predicted octanol–water partition coefficient (Wildman–Crippen LogP) is 2.46. The van der Waals surface area contributed by atoms with Gasteiger partial charge in [0.25, 0.3) is 0 Å². The molecular formula is C11H5F3N2O. The van der Waals surface area contributed by atoms with Crippen LogP contribution in [-0.2, 0) is 12.6 Å². The molecule has 3 nitrogen and oxygen atoms in total. The van der Waals surface area contributed by atoms with Crippen molar-refractivity contribution in [2.75, 3.05) is 0 Å². The molecule has 0 spiro atoms. The maximum absolute atomic E-state index is 12.5. The minimum atomic E-state index is -4.70. The van der Waals surface area contributed by atoms with Crippen LogP contribution in [0.25, 0.3) is 0 Å². The van der Waals surface area contributed by atoms with E-state index in [-0.39, 0.29) is 23.8 Å². The van der Waals surface area contributed by atoms with Crippen LogP contribution < -0.4 is 0 Å². The predicted molar refractivity (Wildman–Crippen MR) is 50.9 cm³/mol. The Hall–Kier alpha value is -2.34. The zero-order valence-electron chi connectivity index (χ0n) is 8.38. The molecule has 0 heterocycles. The van der Waals surface area contributed by atoms with E-state index < -0.39 is 17.3 Å². The van der Waals surface area contributed by atoms with Crippen molar-refractivity contribution in [1.82, 2.24) is 0 Å². The highest BCUT2D eigenvalue weighted by atomic mass is 19.4. The molecule has 0 fully saturated rings. The molecule has 0 atom stereocenters. The smallest absolute Gasteiger partial charge is 0.298 e. The number of nitriles is 2. The summed E-state index contributed by atoms with van der Waals surface area (Å²) in [5.74, 6) is 0. The molecule has 1 aromatic rings. The van der Waals surface area contributed by atoms with Crippen molar-refractivity contribution in [1.29, 1.82) is 10.5 Å². The van der Waals surface area contributed by atoms with E-state index in [4.69, 9.17) is 10.5 Å². The van der Waals surface area contributed by atoms with Gasteiger partial charge in [0.15, 0.2) is 0 Å². The van der Waals surface area contributed by atoms with Crippen molar-refractivity contribution in [3.05, 3.63) is 34.4 Å². The van der Waals surface area contributed by atoms with Crippen LogP contribution in [0.5, 0.6) is 0 Å². The molecule has 0 saturated heterocycles. The minimum absolute atomic E-state index is 0.118. The summed E-state index contributed by atoms with van der Waals surface area (Å²) >= 11 is 0. The van der Waals surface area contributed by atoms with Crippen LogP contribution in [0.3, 0.4) is 0 Å². The van der Waals surface area contributed by atoms with Crippen LogP contribution in [-0.4, -0.2) is 6.29 Å². The average Bonchev–Trinajstić information content (AvgIpc) is 2.27. The first-order valence-corrected chi connectivity index (χ1v) is 4.40. The molecule has 1 rings (SSSR count). The number of alkyl halides is 3. The van der Waals surface area contributed by atoms with Gasteiger partial charge in [0.2, 0.25) is 0 Å². The third-order valence-corrected chi connectivity index (χ3v) is 2.10. The molecule has 0 N–H and O–H groups in total. The zero-order chi connectivity index (χ0) is 13.1. The van der Waals surface area contributed by atoms with Crippen molar-refractivity contribution >= 4 is 6.29 Å². The highest BCUT2D eigenvalue weighted by Gasteiger charge is 2.34. The van der Waals surface area contributed by atoms with Gasteiger partial charge in [-0.2, -0.15) is 23.7 Å². The number of aldehydes is 1. The molecule has 0 aromatic heterocycles. The maximum Gasteiger partial charge on any atom is 0.417 e. The topological polar surface area (TPSA) is 64.7 Å². The number of hydrogen-bond acceptors (Lipinski definition) is 3. The molecular weight excluding hydrogens is 233 g/mol. The van der Waals surface area contributed by atoms with Gasteiger partial charge in [-0.3, -0.25) is 4.79 Å². The van der Waals surface area contributed by atoms with Gasteiger partial charge in [-0.25, -0.2) is 0 Å². The quantitative estimate of drug-likeness (QED) is 0.743. The van der Waals surface area contributed by atoms with Gasteiger partial charge in [-0.1, -0.05) is 0 Å². The molecule has 17 heavy (non-hydrogen) atoms. The van der Waals surface area contributed by atoms with Crippen molar-refractivity contribution < 1.29 is 18.0 Å². The Labute approximate surface area is 94.7 Å². The fourth-order valence-corrected chi connectivity index (χ4v) is 1.34. The molecule has 0 aliphatic heterocycles. The van der Waals surface area contributed by atoms with E-state index in [1.165, 1.54) is 6.07 Å². The summed E-state index contributed by atoms with van der Waals surface area (Å²) in [7, 11) is 0. The van der Waals surface area contributed by atoms with E-state index in [1.807, 2.05) is 0 Å². The van der Waals surface area contributed by atoms with Crippen molar-refractivity contribution in [3.8, 4) is 12.1 Å². The number of hydrogen-bond donors (Lipinski definition) is 0. The Morgan fingerprint density at radius 1 is 1.29 bits per heavy atom. The van der Waals surface area contributed by atoms with Gasteiger partial charge in [-0.05, 0) is 17.7 Å². The Bertz CT molecular complexity index is 535. The second-order valence-electron chi connectivity index (χ2n) is 3.16. The van der Waals surface area contributed by atoms with Gasteiger partial charge in [0, 0.05) is 5.56 Å². The second kappa shape index (κ2) is 4.67. The summed E-state index contributed by atoms with van der Waals surface area (Å²) in [5, 5.41) is 17.1.